The minimum Gasteiger partial charge on any atom is -0.475 e. The quantitative estimate of drug-likeness (QED) is 0.243. The van der Waals surface area contributed by atoms with Gasteiger partial charge in [-0.25, -0.2) is 24.4 Å². The van der Waals surface area contributed by atoms with Gasteiger partial charge in [-0.2, -0.15) is 39.5 Å². The van der Waals surface area contributed by atoms with Crippen LogP contribution in [0.15, 0.2) is 61.3 Å². The van der Waals surface area contributed by atoms with Gasteiger partial charge in [-0.15, -0.1) is 0 Å². The van der Waals surface area contributed by atoms with Gasteiger partial charge < -0.3 is 29.7 Å². The maximum absolute atomic E-state index is 10.6. The number of nitrogens with zero attached hydrogens (tertiary/aromatic N) is 6. The number of carboxylic acids is 3. The number of carbonyl (C=O) groups is 3. The number of anilines is 1. The fourth-order valence-electron chi connectivity index (χ4n) is 4.27. The number of hydrogen-bond donors (Lipinski definition) is 3. The first-order valence-corrected chi connectivity index (χ1v) is 14.2. The minimum absolute atomic E-state index is 0.312. The second-order valence-electron chi connectivity index (χ2n) is 10.2. The third-order valence-corrected chi connectivity index (χ3v) is 6.61. The monoisotopic (exact) mass is 756 g/mol. The molecule has 1 aromatic carbocycles. The van der Waals surface area contributed by atoms with E-state index in [1.807, 2.05) is 43.0 Å². The van der Waals surface area contributed by atoms with Gasteiger partial charge in [0, 0.05) is 63.1 Å². The number of carboxylic acid groups (broad SMARTS) is 3. The van der Waals surface area contributed by atoms with E-state index in [-0.39, 0.29) is 0 Å². The van der Waals surface area contributed by atoms with Gasteiger partial charge in [0.25, 0.3) is 0 Å². The summed E-state index contributed by atoms with van der Waals surface area (Å²) in [6.45, 7) is 4.96. The van der Waals surface area contributed by atoms with E-state index in [9.17, 15) is 39.5 Å². The number of fused-ring (bicyclic) bond motifs is 2. The van der Waals surface area contributed by atoms with Gasteiger partial charge in [0.15, 0.2) is 23.0 Å². The van der Waals surface area contributed by atoms with Crippen molar-refractivity contribution < 1.29 is 78.7 Å². The van der Waals surface area contributed by atoms with Crippen molar-refractivity contribution in [2.75, 3.05) is 37.9 Å². The molecule has 2 aliphatic rings. The van der Waals surface area contributed by atoms with E-state index in [0.29, 0.717) is 6.79 Å². The Hall–Kier alpha value is -5.87. The third kappa shape index (κ3) is 11.6. The lowest BCUT2D eigenvalue weighted by Crippen LogP contribution is -2.46. The number of pyridine rings is 1. The van der Waals surface area contributed by atoms with Crippen LogP contribution in [0.5, 0.6) is 11.5 Å². The number of alkyl halides is 9. The molecule has 1 fully saturated rings. The van der Waals surface area contributed by atoms with Gasteiger partial charge in [-0.3, -0.25) is 14.3 Å². The topological polar surface area (TPSA) is 180 Å². The maximum Gasteiger partial charge on any atom is 0.490 e. The SMILES string of the molecule is O=C(O)C(F)(F)F.O=C(O)C(F)(F)F.O=C(O)C(F)(F)F.c1cncc(-c2cnc3c(N4CCN(Cc5ccc6c(c5)OCO6)CC4)nccn23)c1. The van der Waals surface area contributed by atoms with Crippen LogP contribution in [-0.4, -0.2) is 109 Å². The van der Waals surface area contributed by atoms with Crippen molar-refractivity contribution in [3.05, 3.63) is 66.9 Å². The molecule has 23 heteroatoms. The molecule has 14 nitrogen and oxygen atoms in total. The standard InChI is InChI=1S/C23H22N6O2.3C2HF3O2/c1-2-18(13-24-5-1)19-14-26-23-22(25-6-7-29(19)23)28-10-8-27(9-11-28)15-17-3-4-20-21(12-17)31-16-30-20;3*3-2(4,5)1(6)7/h1-7,12-14H,8-11,15-16H2;3*(H,6,7). The zero-order valence-corrected chi connectivity index (χ0v) is 26.0. The summed E-state index contributed by atoms with van der Waals surface area (Å²) in [6.07, 6.45) is -5.90. The number of ether oxygens (including phenoxy) is 2. The third-order valence-electron chi connectivity index (χ3n) is 6.61. The second kappa shape index (κ2) is 16.9. The molecular weight excluding hydrogens is 731 g/mol. The van der Waals surface area contributed by atoms with Crippen LogP contribution in [0.3, 0.4) is 0 Å². The van der Waals surface area contributed by atoms with Gasteiger partial charge in [-0.1, -0.05) is 6.07 Å². The predicted molar refractivity (Wildman–Crippen MR) is 157 cm³/mol. The highest BCUT2D eigenvalue weighted by Crippen LogP contribution is 2.33. The summed E-state index contributed by atoms with van der Waals surface area (Å²) < 4.78 is 108. The minimum atomic E-state index is -5.08. The zero-order chi connectivity index (χ0) is 38.9. The number of imidazole rings is 1. The average Bonchev–Trinajstić information content (AvgIpc) is 3.72. The number of hydrogen-bond acceptors (Lipinski definition) is 10. The van der Waals surface area contributed by atoms with Crippen LogP contribution in [0.1, 0.15) is 5.56 Å². The molecule has 0 amide bonds. The lowest BCUT2D eigenvalue weighted by atomic mass is 10.1. The number of aliphatic carboxylic acids is 3. The summed E-state index contributed by atoms with van der Waals surface area (Å²) in [4.78, 5) is 45.1. The van der Waals surface area contributed by atoms with E-state index in [1.165, 1.54) is 5.56 Å². The van der Waals surface area contributed by atoms with E-state index >= 15 is 0 Å². The first-order valence-electron chi connectivity index (χ1n) is 14.2. The lowest BCUT2D eigenvalue weighted by molar-refractivity contribution is -0.193. The molecule has 52 heavy (non-hydrogen) atoms. The fourth-order valence-corrected chi connectivity index (χ4v) is 4.27. The Bertz CT molecular complexity index is 1770. The molecule has 6 rings (SSSR count). The van der Waals surface area contributed by atoms with Crippen LogP contribution in [0.4, 0.5) is 45.3 Å². The van der Waals surface area contributed by atoms with Crippen molar-refractivity contribution >= 4 is 29.4 Å². The van der Waals surface area contributed by atoms with Crippen LogP contribution in [0.25, 0.3) is 16.9 Å². The molecule has 2 aliphatic heterocycles. The molecule has 0 unspecified atom stereocenters. The molecule has 0 radical (unpaired) electrons. The van der Waals surface area contributed by atoms with E-state index < -0.39 is 36.4 Å². The smallest absolute Gasteiger partial charge is 0.475 e. The molecular formula is C29H25F9N6O8. The van der Waals surface area contributed by atoms with Crippen molar-refractivity contribution in [1.82, 2.24) is 24.3 Å². The molecule has 0 atom stereocenters. The second-order valence-corrected chi connectivity index (χ2v) is 10.2. The Morgan fingerprint density at radius 1 is 0.731 bits per heavy atom. The molecule has 3 N–H and O–H groups in total. The van der Waals surface area contributed by atoms with E-state index in [0.717, 1.165) is 66.9 Å². The van der Waals surface area contributed by atoms with Gasteiger partial charge in [0.2, 0.25) is 6.79 Å². The molecule has 5 heterocycles. The number of aromatic nitrogens is 4. The highest BCUT2D eigenvalue weighted by molar-refractivity contribution is 5.74. The van der Waals surface area contributed by atoms with Gasteiger partial charge >= 0.3 is 36.4 Å². The molecule has 0 aliphatic carbocycles. The van der Waals surface area contributed by atoms with Crippen LogP contribution in [0.2, 0.25) is 0 Å². The average molecular weight is 757 g/mol. The van der Waals surface area contributed by atoms with E-state index in [1.54, 1.807) is 6.20 Å². The summed E-state index contributed by atoms with van der Waals surface area (Å²) in [7, 11) is 0. The zero-order valence-electron chi connectivity index (χ0n) is 26.0. The van der Waals surface area contributed by atoms with Crippen LogP contribution in [-0.2, 0) is 20.9 Å². The Morgan fingerprint density at radius 2 is 1.29 bits per heavy atom. The summed E-state index contributed by atoms with van der Waals surface area (Å²) in [5.41, 5.74) is 4.19. The number of benzene rings is 1. The van der Waals surface area contributed by atoms with Crippen molar-refractivity contribution in [3.63, 3.8) is 0 Å². The molecule has 282 valence electrons. The van der Waals surface area contributed by atoms with Crippen LogP contribution in [0, 0.1) is 0 Å². The number of rotatable bonds is 4. The Morgan fingerprint density at radius 3 is 1.81 bits per heavy atom. The highest BCUT2D eigenvalue weighted by atomic mass is 19.4. The first-order chi connectivity index (χ1) is 24.2. The lowest BCUT2D eigenvalue weighted by Gasteiger charge is -2.35. The van der Waals surface area contributed by atoms with Gasteiger partial charge in [0.05, 0.1) is 11.9 Å². The van der Waals surface area contributed by atoms with Crippen molar-refractivity contribution in [2.24, 2.45) is 0 Å². The first kappa shape index (κ1) is 40.6. The summed E-state index contributed by atoms with van der Waals surface area (Å²) in [5.74, 6) is -5.67. The van der Waals surface area contributed by atoms with Crippen molar-refractivity contribution in [3.8, 4) is 22.8 Å². The van der Waals surface area contributed by atoms with E-state index in [4.69, 9.17) is 39.2 Å². The molecule has 0 spiro atoms. The van der Waals surface area contributed by atoms with E-state index in [2.05, 4.69) is 41.3 Å². The Kier molecular flexibility index (Phi) is 13.2. The van der Waals surface area contributed by atoms with Crippen molar-refractivity contribution in [2.45, 2.75) is 25.1 Å². The van der Waals surface area contributed by atoms with Gasteiger partial charge in [-0.05, 0) is 29.8 Å². The summed E-state index contributed by atoms with van der Waals surface area (Å²) >= 11 is 0. The van der Waals surface area contributed by atoms with Crippen molar-refractivity contribution in [1.29, 1.82) is 0 Å². The number of halogens is 9. The summed E-state index contributed by atoms with van der Waals surface area (Å²) in [6, 6.07) is 10.2. The normalized spacial score (nSPS) is 14.2. The largest absolute Gasteiger partial charge is 0.490 e. The number of piperazine rings is 1. The van der Waals surface area contributed by atoms with Crippen LogP contribution >= 0.6 is 0 Å². The Labute approximate surface area is 285 Å². The maximum atomic E-state index is 10.6. The van der Waals surface area contributed by atoms with Crippen LogP contribution < -0.4 is 14.4 Å². The highest BCUT2D eigenvalue weighted by Gasteiger charge is 2.39. The molecule has 0 bridgehead atoms. The Balaban J connectivity index is 0.000000285. The van der Waals surface area contributed by atoms with Gasteiger partial charge in [0.1, 0.15) is 0 Å². The predicted octanol–water partition coefficient (Wildman–Crippen LogP) is 4.74. The molecule has 4 aromatic rings. The fraction of sp³-hybridized carbons (Fsp3) is 0.310. The molecule has 0 saturated carbocycles. The molecule has 1 saturated heterocycles. The summed E-state index contributed by atoms with van der Waals surface area (Å²) in [5, 5.41) is 21.4. The molecule has 3 aromatic heterocycles.